The van der Waals surface area contributed by atoms with Crippen molar-refractivity contribution in [2.75, 3.05) is 27.4 Å². The maximum atomic E-state index is 13.6. The summed E-state index contributed by atoms with van der Waals surface area (Å²) in [5, 5.41) is 14.1. The lowest BCUT2D eigenvalue weighted by Crippen LogP contribution is -2.36. The van der Waals surface area contributed by atoms with Gasteiger partial charge < -0.3 is 24.6 Å². The summed E-state index contributed by atoms with van der Waals surface area (Å²) in [6, 6.07) is 12.4. The normalized spacial score (nSPS) is 19.8. The van der Waals surface area contributed by atoms with Crippen LogP contribution in [0.1, 0.15) is 42.7 Å². The second-order valence-corrected chi connectivity index (χ2v) is 9.07. The number of phenols is 1. The van der Waals surface area contributed by atoms with E-state index in [-0.39, 0.29) is 36.4 Å². The maximum absolute atomic E-state index is 13.6. The first-order valence-corrected chi connectivity index (χ1v) is 11.7. The van der Waals surface area contributed by atoms with Gasteiger partial charge in [0, 0.05) is 41.4 Å². The number of halogens is 1. The van der Waals surface area contributed by atoms with Gasteiger partial charge in [-0.2, -0.15) is 0 Å². The monoisotopic (exact) mass is 497 g/mol. The fourth-order valence-electron chi connectivity index (χ4n) is 4.78. The largest absolute Gasteiger partial charge is 0.504 e. The molecule has 0 saturated carbocycles. The summed E-state index contributed by atoms with van der Waals surface area (Å²) in [5.74, 6) is -1.01. The van der Waals surface area contributed by atoms with Crippen LogP contribution in [0.4, 0.5) is 0 Å². The molecule has 0 unspecified atom stereocenters. The van der Waals surface area contributed by atoms with Gasteiger partial charge in [-0.15, -0.1) is 0 Å². The van der Waals surface area contributed by atoms with Crippen molar-refractivity contribution in [1.29, 1.82) is 0 Å². The Labute approximate surface area is 209 Å². The van der Waals surface area contributed by atoms with E-state index in [1.807, 2.05) is 24.3 Å². The van der Waals surface area contributed by atoms with Gasteiger partial charge in [0.15, 0.2) is 17.3 Å². The third-order valence-corrected chi connectivity index (χ3v) is 6.70. The van der Waals surface area contributed by atoms with Crippen LogP contribution in [0.15, 0.2) is 65.0 Å². The number of esters is 1. The van der Waals surface area contributed by atoms with Gasteiger partial charge >= 0.3 is 5.97 Å². The number of hydrogen-bond acceptors (Lipinski definition) is 7. The summed E-state index contributed by atoms with van der Waals surface area (Å²) in [4.78, 5) is 26.8. The molecule has 7 nitrogen and oxygen atoms in total. The van der Waals surface area contributed by atoms with Gasteiger partial charge in [0.1, 0.15) is 6.61 Å². The Bertz CT molecular complexity index is 1200. The topological polar surface area (TPSA) is 94.1 Å². The molecular weight excluding hydrogens is 470 g/mol. The Hall–Kier alpha value is -3.29. The van der Waals surface area contributed by atoms with Crippen molar-refractivity contribution in [1.82, 2.24) is 5.32 Å². The molecule has 0 radical (unpaired) electrons. The number of methoxy groups -OCH3 is 2. The van der Waals surface area contributed by atoms with E-state index in [4.69, 9.17) is 25.8 Å². The number of ketones is 1. The van der Waals surface area contributed by atoms with Crippen molar-refractivity contribution >= 4 is 23.4 Å². The zero-order chi connectivity index (χ0) is 25.1. The third kappa shape index (κ3) is 5.06. The van der Waals surface area contributed by atoms with Gasteiger partial charge in [0.05, 0.1) is 19.3 Å². The molecule has 0 fully saturated rings. The van der Waals surface area contributed by atoms with E-state index >= 15 is 0 Å². The summed E-state index contributed by atoms with van der Waals surface area (Å²) in [5.41, 5.74) is 3.98. The van der Waals surface area contributed by atoms with Crippen molar-refractivity contribution in [3.63, 3.8) is 0 Å². The molecular formula is C27H28ClNO6. The van der Waals surface area contributed by atoms with Gasteiger partial charge in [-0.1, -0.05) is 29.8 Å². The van der Waals surface area contributed by atoms with Crippen molar-refractivity contribution < 1.29 is 28.9 Å². The van der Waals surface area contributed by atoms with E-state index in [0.717, 1.165) is 11.3 Å². The van der Waals surface area contributed by atoms with Crippen LogP contribution in [0.2, 0.25) is 5.02 Å². The first kappa shape index (κ1) is 24.8. The van der Waals surface area contributed by atoms with Crippen LogP contribution in [0.25, 0.3) is 0 Å². The molecule has 2 N–H and O–H groups in total. The predicted molar refractivity (Wildman–Crippen MR) is 132 cm³/mol. The molecule has 35 heavy (non-hydrogen) atoms. The molecule has 1 aliphatic carbocycles. The molecule has 1 aliphatic heterocycles. The molecule has 0 spiro atoms. The zero-order valence-corrected chi connectivity index (χ0v) is 20.6. The summed E-state index contributed by atoms with van der Waals surface area (Å²) in [7, 11) is 2.98. The van der Waals surface area contributed by atoms with E-state index in [1.165, 1.54) is 20.3 Å². The minimum atomic E-state index is -0.658. The van der Waals surface area contributed by atoms with Crippen LogP contribution in [-0.2, 0) is 19.1 Å². The summed E-state index contributed by atoms with van der Waals surface area (Å²) >= 11 is 6.05. The first-order valence-electron chi connectivity index (χ1n) is 11.4. The van der Waals surface area contributed by atoms with Gasteiger partial charge in [-0.3, -0.25) is 4.79 Å². The van der Waals surface area contributed by atoms with Gasteiger partial charge in [-0.05, 0) is 54.7 Å². The highest BCUT2D eigenvalue weighted by molar-refractivity contribution is 6.30. The second-order valence-electron chi connectivity index (χ2n) is 8.63. The lowest BCUT2D eigenvalue weighted by atomic mass is 9.71. The molecule has 2 aromatic rings. The zero-order valence-electron chi connectivity index (χ0n) is 19.9. The number of nitrogens with one attached hydrogen (secondary N) is 1. The average Bonchev–Trinajstić information content (AvgIpc) is 2.84. The van der Waals surface area contributed by atoms with Crippen LogP contribution in [0, 0.1) is 0 Å². The number of benzene rings is 2. The molecule has 1 heterocycles. The van der Waals surface area contributed by atoms with Crippen molar-refractivity contribution in [3.8, 4) is 11.5 Å². The predicted octanol–water partition coefficient (Wildman–Crippen LogP) is 4.61. The number of aromatic hydroxyl groups is 1. The average molecular weight is 498 g/mol. The Morgan fingerprint density at radius 1 is 1.09 bits per heavy atom. The summed E-state index contributed by atoms with van der Waals surface area (Å²) in [6.45, 7) is 2.16. The van der Waals surface area contributed by atoms with E-state index in [9.17, 15) is 14.7 Å². The number of carbonyl (C=O) groups excluding carboxylic acids is 2. The number of allylic oxidation sites excluding steroid dienone is 3. The number of rotatable bonds is 7. The van der Waals surface area contributed by atoms with E-state index < -0.39 is 11.9 Å². The van der Waals surface area contributed by atoms with E-state index in [2.05, 4.69) is 5.32 Å². The molecule has 0 aromatic heterocycles. The fourth-order valence-corrected chi connectivity index (χ4v) is 4.91. The Morgan fingerprint density at radius 2 is 1.80 bits per heavy atom. The number of phenolic OH excluding ortho intramolecular Hbond substituents is 1. The number of dihydropyridines is 1. The highest BCUT2D eigenvalue weighted by Gasteiger charge is 2.41. The SMILES string of the molecule is COCCOC(=O)C1=C(C)NC2=C(C(=O)C[C@H](c3ccc(Cl)cc3)C2)[C@H]1c1ccc(O)c(OC)c1. The minimum Gasteiger partial charge on any atom is -0.504 e. The fraction of sp³-hybridized carbons (Fsp3) is 0.333. The quantitative estimate of drug-likeness (QED) is 0.426. The maximum Gasteiger partial charge on any atom is 0.336 e. The molecule has 0 bridgehead atoms. The molecule has 2 atom stereocenters. The Kier molecular flexibility index (Phi) is 7.48. The van der Waals surface area contributed by atoms with Crippen LogP contribution in [0.5, 0.6) is 11.5 Å². The van der Waals surface area contributed by atoms with Crippen molar-refractivity contribution in [2.45, 2.75) is 31.6 Å². The number of hydrogen-bond donors (Lipinski definition) is 2. The van der Waals surface area contributed by atoms with Crippen LogP contribution in [0.3, 0.4) is 0 Å². The highest BCUT2D eigenvalue weighted by Crippen LogP contribution is 2.47. The molecule has 0 saturated heterocycles. The van der Waals surface area contributed by atoms with E-state index in [0.29, 0.717) is 40.3 Å². The van der Waals surface area contributed by atoms with Gasteiger partial charge in [0.25, 0.3) is 0 Å². The molecule has 0 amide bonds. The smallest absolute Gasteiger partial charge is 0.336 e. The van der Waals surface area contributed by atoms with Crippen molar-refractivity contribution in [2.24, 2.45) is 0 Å². The van der Waals surface area contributed by atoms with Gasteiger partial charge in [-0.25, -0.2) is 4.79 Å². The van der Waals surface area contributed by atoms with Crippen LogP contribution >= 0.6 is 11.6 Å². The molecule has 4 rings (SSSR count). The summed E-state index contributed by atoms with van der Waals surface area (Å²) in [6.07, 6.45) is 0.913. The van der Waals surface area contributed by atoms with E-state index in [1.54, 1.807) is 19.1 Å². The standard InChI is InChI=1S/C27H28ClNO6/c1-15-24(27(32)35-11-10-33-2)25(17-6-9-21(30)23(14-17)34-3)26-20(29-15)12-18(13-22(26)31)16-4-7-19(28)8-5-16/h4-9,14,18,25,29-30H,10-13H2,1-3H3/t18-,25+/m1/s1. The third-order valence-electron chi connectivity index (χ3n) is 6.45. The minimum absolute atomic E-state index is 0.0102. The highest BCUT2D eigenvalue weighted by atomic mass is 35.5. The Morgan fingerprint density at radius 3 is 2.49 bits per heavy atom. The lowest BCUT2D eigenvalue weighted by Gasteiger charge is -2.36. The molecule has 8 heteroatoms. The number of carbonyl (C=O) groups is 2. The number of Topliss-reactive ketones (excluding diaryl/α,β-unsaturated/α-hetero) is 1. The molecule has 184 valence electrons. The lowest BCUT2D eigenvalue weighted by molar-refractivity contribution is -0.140. The molecule has 2 aromatic carbocycles. The second kappa shape index (κ2) is 10.5. The number of ether oxygens (including phenoxy) is 3. The van der Waals surface area contributed by atoms with Crippen LogP contribution < -0.4 is 10.1 Å². The summed E-state index contributed by atoms with van der Waals surface area (Å²) < 4.78 is 15.8. The van der Waals surface area contributed by atoms with Crippen molar-refractivity contribution in [3.05, 3.63) is 81.2 Å². The van der Waals surface area contributed by atoms with Crippen LogP contribution in [-0.4, -0.2) is 44.3 Å². The Balaban J connectivity index is 1.77. The van der Waals surface area contributed by atoms with Gasteiger partial charge in [0.2, 0.25) is 0 Å². The molecule has 2 aliphatic rings. The first-order chi connectivity index (χ1) is 16.8.